The molecule has 314 valence electrons. The summed E-state index contributed by atoms with van der Waals surface area (Å²) in [4.78, 5) is 2.34. The third-order valence-electron chi connectivity index (χ3n) is 13.4. The summed E-state index contributed by atoms with van der Waals surface area (Å²) in [7, 11) is 0. The van der Waals surface area contributed by atoms with Crippen LogP contribution < -0.4 is 4.90 Å². The zero-order valence-electron chi connectivity index (χ0n) is 36.6. The summed E-state index contributed by atoms with van der Waals surface area (Å²) in [6.45, 7) is 0. The topological polar surface area (TPSA) is 21.3 Å². The molecule has 2 aromatic heterocycles. The van der Waals surface area contributed by atoms with E-state index in [1.807, 2.05) is 0 Å². The summed E-state index contributed by atoms with van der Waals surface area (Å²) >= 11 is 0. The predicted molar refractivity (Wildman–Crippen MR) is 282 cm³/mol. The fraction of sp³-hybridized carbons (Fsp3) is 0. The zero-order chi connectivity index (χ0) is 44.3. The maximum Gasteiger partial charge on any atom is 0.143 e. The van der Waals surface area contributed by atoms with Gasteiger partial charge in [0.05, 0.1) is 11.0 Å². The Morgan fingerprint density at radius 2 is 0.761 bits per heavy atom. The molecule has 2 heterocycles. The second-order valence-corrected chi connectivity index (χ2v) is 17.2. The van der Waals surface area contributed by atoms with Gasteiger partial charge in [-0.3, -0.25) is 0 Å². The molecule has 0 fully saturated rings. The van der Waals surface area contributed by atoms with Gasteiger partial charge in [0.2, 0.25) is 0 Å². The summed E-state index contributed by atoms with van der Waals surface area (Å²) in [6, 6.07) is 91.5. The molecule has 0 atom stereocenters. The highest BCUT2D eigenvalue weighted by Crippen LogP contribution is 2.48. The Kier molecular flexibility index (Phi) is 9.17. The van der Waals surface area contributed by atoms with Crippen LogP contribution in [-0.2, 0) is 0 Å². The maximum atomic E-state index is 7.01. The van der Waals surface area contributed by atoms with Crippen molar-refractivity contribution in [1.82, 2.24) is 4.57 Å². The number of aromatic nitrogens is 1. The van der Waals surface area contributed by atoms with Crippen LogP contribution in [0, 0.1) is 0 Å². The molecule has 0 unspecified atom stereocenters. The molecule has 0 radical (unpaired) electrons. The maximum absolute atomic E-state index is 7.01. The average molecular weight is 855 g/mol. The Labute approximate surface area is 388 Å². The van der Waals surface area contributed by atoms with Crippen LogP contribution in [-0.4, -0.2) is 4.57 Å². The summed E-state index contributed by atoms with van der Waals surface area (Å²) in [5.74, 6) is 0.886. The van der Waals surface area contributed by atoms with Gasteiger partial charge in [-0.15, -0.1) is 0 Å². The molecule has 67 heavy (non-hydrogen) atoms. The molecule has 0 spiro atoms. The second-order valence-electron chi connectivity index (χ2n) is 17.2. The third-order valence-corrected chi connectivity index (χ3v) is 13.4. The van der Waals surface area contributed by atoms with Crippen LogP contribution >= 0.6 is 0 Å². The number of benzene rings is 11. The van der Waals surface area contributed by atoms with Crippen LogP contribution in [0.1, 0.15) is 0 Å². The lowest BCUT2D eigenvalue weighted by atomic mass is 9.90. The van der Waals surface area contributed by atoms with Crippen LogP contribution in [0.2, 0.25) is 0 Å². The average Bonchev–Trinajstić information content (AvgIpc) is 3.98. The van der Waals surface area contributed by atoms with E-state index in [0.29, 0.717) is 0 Å². The van der Waals surface area contributed by atoms with Gasteiger partial charge < -0.3 is 13.9 Å². The highest BCUT2D eigenvalue weighted by molar-refractivity contribution is 6.29. The molecule has 0 saturated carbocycles. The fourth-order valence-electron chi connectivity index (χ4n) is 10.3. The monoisotopic (exact) mass is 854 g/mol. The molecule has 3 nitrogen and oxygen atoms in total. The largest absolute Gasteiger partial charge is 0.455 e. The minimum atomic E-state index is 0.886. The quantitative estimate of drug-likeness (QED) is 0.142. The number of nitrogens with zero attached hydrogens (tertiary/aromatic N) is 2. The van der Waals surface area contributed by atoms with Crippen molar-refractivity contribution in [3.8, 4) is 50.4 Å². The molecule has 13 aromatic rings. The number of furan rings is 1. The van der Waals surface area contributed by atoms with Crippen molar-refractivity contribution in [3.05, 3.63) is 255 Å². The van der Waals surface area contributed by atoms with Crippen LogP contribution in [0.25, 0.3) is 105 Å². The molecular weight excluding hydrogens is 813 g/mol. The third kappa shape index (κ3) is 6.51. The molecule has 0 N–H and O–H groups in total. The lowest BCUT2D eigenvalue weighted by Gasteiger charge is -2.26. The van der Waals surface area contributed by atoms with E-state index in [1.54, 1.807) is 0 Å². The first-order valence-electron chi connectivity index (χ1n) is 22.9. The van der Waals surface area contributed by atoms with Gasteiger partial charge in [-0.2, -0.15) is 0 Å². The molecule has 13 rings (SSSR count). The summed E-state index contributed by atoms with van der Waals surface area (Å²) in [5, 5.41) is 8.30. The summed E-state index contributed by atoms with van der Waals surface area (Å²) < 4.78 is 9.37. The standard InChI is InChI=1S/C64H42N2O/c1-5-17-45(18-6-1)61-62-58-42-47(33-39-54(58)53-25-13-14-27-56(53)64(62)67-63(61)46-19-7-2-8-20-46)43-29-35-51(36-30-43)65(49-21-9-3-10-22-49)52-37-31-44(32-38-52)48-34-40-60-57(41-48)55-26-15-16-28-59(55)66(60)50-23-11-4-12-24-50/h1-42H. The Morgan fingerprint density at radius 1 is 0.299 bits per heavy atom. The fourth-order valence-corrected chi connectivity index (χ4v) is 10.3. The van der Waals surface area contributed by atoms with Crippen LogP contribution in [0.4, 0.5) is 17.1 Å². The Balaban J connectivity index is 0.894. The molecule has 0 saturated heterocycles. The first kappa shape index (κ1) is 38.5. The minimum Gasteiger partial charge on any atom is -0.455 e. The Morgan fingerprint density at radius 3 is 1.42 bits per heavy atom. The lowest BCUT2D eigenvalue weighted by molar-refractivity contribution is 0.636. The SMILES string of the molecule is c1ccc(-c2oc3c4ccccc4c4ccc(-c5ccc(N(c6ccccc6)c6ccc(-c7ccc8c(c7)c7ccccc7n8-c7ccccc7)cc6)cc5)cc4c3c2-c2ccccc2)cc1. The van der Waals surface area contributed by atoms with E-state index in [1.165, 1.54) is 49.1 Å². The zero-order valence-corrected chi connectivity index (χ0v) is 36.6. The van der Waals surface area contributed by atoms with Crippen molar-refractivity contribution >= 4 is 71.4 Å². The molecule has 3 heteroatoms. The van der Waals surface area contributed by atoms with E-state index in [9.17, 15) is 0 Å². The van der Waals surface area contributed by atoms with Crippen molar-refractivity contribution in [2.75, 3.05) is 4.90 Å². The summed E-state index contributed by atoms with van der Waals surface area (Å²) in [6.07, 6.45) is 0. The number of hydrogen-bond acceptors (Lipinski definition) is 2. The van der Waals surface area contributed by atoms with Gasteiger partial charge in [0.25, 0.3) is 0 Å². The number of anilines is 3. The molecule has 0 aliphatic rings. The van der Waals surface area contributed by atoms with Crippen molar-refractivity contribution in [1.29, 1.82) is 0 Å². The number of rotatable bonds is 8. The number of hydrogen-bond donors (Lipinski definition) is 0. The second kappa shape index (κ2) is 16.0. The first-order valence-corrected chi connectivity index (χ1v) is 22.9. The highest BCUT2D eigenvalue weighted by Gasteiger charge is 2.23. The van der Waals surface area contributed by atoms with Crippen LogP contribution in [0.5, 0.6) is 0 Å². The highest BCUT2D eigenvalue weighted by atomic mass is 16.3. The molecule has 0 aliphatic heterocycles. The molecule has 0 amide bonds. The Hall–Kier alpha value is -8.92. The lowest BCUT2D eigenvalue weighted by Crippen LogP contribution is -2.09. The van der Waals surface area contributed by atoms with Gasteiger partial charge in [-0.05, 0) is 117 Å². The summed E-state index contributed by atoms with van der Waals surface area (Å²) in [5.41, 5.74) is 15.7. The van der Waals surface area contributed by atoms with Gasteiger partial charge in [0, 0.05) is 55.4 Å². The van der Waals surface area contributed by atoms with Crippen LogP contribution in [0.15, 0.2) is 259 Å². The van der Waals surface area contributed by atoms with Gasteiger partial charge in [0.15, 0.2) is 0 Å². The normalized spacial score (nSPS) is 11.6. The molecule has 0 bridgehead atoms. The molecular formula is C64H42N2O. The van der Waals surface area contributed by atoms with Gasteiger partial charge in [-0.25, -0.2) is 0 Å². The van der Waals surface area contributed by atoms with Crippen molar-refractivity contribution in [2.24, 2.45) is 0 Å². The van der Waals surface area contributed by atoms with E-state index in [4.69, 9.17) is 4.42 Å². The first-order chi connectivity index (χ1) is 33.2. The van der Waals surface area contributed by atoms with E-state index in [2.05, 4.69) is 264 Å². The van der Waals surface area contributed by atoms with Crippen LogP contribution in [0.3, 0.4) is 0 Å². The number of fused-ring (bicyclic) bond motifs is 9. The smallest absolute Gasteiger partial charge is 0.143 e. The number of para-hydroxylation sites is 3. The predicted octanol–water partition coefficient (Wildman–Crippen LogP) is 18.0. The van der Waals surface area contributed by atoms with E-state index >= 15 is 0 Å². The van der Waals surface area contributed by atoms with E-state index in [0.717, 1.165) is 72.7 Å². The van der Waals surface area contributed by atoms with Gasteiger partial charge in [-0.1, -0.05) is 182 Å². The van der Waals surface area contributed by atoms with E-state index in [-0.39, 0.29) is 0 Å². The Bertz CT molecular complexity index is 3930. The molecule has 0 aliphatic carbocycles. The minimum absolute atomic E-state index is 0.886. The van der Waals surface area contributed by atoms with Gasteiger partial charge in [0.1, 0.15) is 11.3 Å². The molecule has 11 aromatic carbocycles. The van der Waals surface area contributed by atoms with E-state index < -0.39 is 0 Å². The van der Waals surface area contributed by atoms with Crippen molar-refractivity contribution in [3.63, 3.8) is 0 Å². The van der Waals surface area contributed by atoms with Crippen molar-refractivity contribution < 1.29 is 4.42 Å². The van der Waals surface area contributed by atoms with Crippen molar-refractivity contribution in [2.45, 2.75) is 0 Å². The van der Waals surface area contributed by atoms with Gasteiger partial charge >= 0.3 is 0 Å².